The summed E-state index contributed by atoms with van der Waals surface area (Å²) >= 11 is 0. The second-order valence-electron chi connectivity index (χ2n) is 5.10. The highest BCUT2D eigenvalue weighted by Crippen LogP contribution is 2.28. The SMILES string of the molecule is CNCC1CCN(S(=O)(=O)c2cccc(OC(F)(F)F)c2)C1.Cl. The van der Waals surface area contributed by atoms with Crippen LogP contribution in [0.5, 0.6) is 5.75 Å². The zero-order valence-electron chi connectivity index (χ0n) is 12.3. The summed E-state index contributed by atoms with van der Waals surface area (Å²) < 4.78 is 66.7. The summed E-state index contributed by atoms with van der Waals surface area (Å²) in [4.78, 5) is -0.195. The Kier molecular flexibility index (Phi) is 6.70. The fourth-order valence-electron chi connectivity index (χ4n) is 2.45. The van der Waals surface area contributed by atoms with Crippen LogP contribution in [-0.4, -0.2) is 45.8 Å². The Morgan fingerprint density at radius 2 is 2.09 bits per heavy atom. The van der Waals surface area contributed by atoms with Gasteiger partial charge in [0.05, 0.1) is 4.90 Å². The first-order valence-electron chi connectivity index (χ1n) is 6.73. The summed E-state index contributed by atoms with van der Waals surface area (Å²) in [7, 11) is -2.02. The molecule has 1 aromatic rings. The fraction of sp³-hybridized carbons (Fsp3) is 0.538. The molecule has 0 saturated carbocycles. The molecule has 10 heteroatoms. The minimum atomic E-state index is -4.85. The average molecular weight is 375 g/mol. The van der Waals surface area contributed by atoms with Crippen LogP contribution in [0.2, 0.25) is 0 Å². The molecule has 132 valence electrons. The van der Waals surface area contributed by atoms with Crippen molar-refractivity contribution in [2.24, 2.45) is 5.92 Å². The lowest BCUT2D eigenvalue weighted by atomic mass is 10.1. The van der Waals surface area contributed by atoms with Gasteiger partial charge in [-0.1, -0.05) is 6.07 Å². The maximum absolute atomic E-state index is 12.5. The van der Waals surface area contributed by atoms with Gasteiger partial charge in [0.25, 0.3) is 0 Å². The molecular formula is C13H18ClF3N2O3S. The number of hydrogen-bond donors (Lipinski definition) is 1. The molecule has 1 aliphatic rings. The summed E-state index contributed by atoms with van der Waals surface area (Å²) in [5.74, 6) is -0.339. The van der Waals surface area contributed by atoms with Gasteiger partial charge in [-0.3, -0.25) is 0 Å². The van der Waals surface area contributed by atoms with Crippen LogP contribution in [-0.2, 0) is 10.0 Å². The van der Waals surface area contributed by atoms with E-state index in [1.165, 1.54) is 16.4 Å². The molecule has 2 rings (SSSR count). The molecule has 0 bridgehead atoms. The lowest BCUT2D eigenvalue weighted by Gasteiger charge is -2.17. The van der Waals surface area contributed by atoms with E-state index in [-0.39, 0.29) is 23.2 Å². The van der Waals surface area contributed by atoms with Crippen LogP contribution in [0.1, 0.15) is 6.42 Å². The van der Waals surface area contributed by atoms with E-state index in [0.717, 1.165) is 18.6 Å². The highest BCUT2D eigenvalue weighted by Gasteiger charge is 2.34. The molecule has 5 nitrogen and oxygen atoms in total. The molecule has 0 radical (unpaired) electrons. The van der Waals surface area contributed by atoms with E-state index in [2.05, 4.69) is 10.1 Å². The number of hydrogen-bond acceptors (Lipinski definition) is 4. The van der Waals surface area contributed by atoms with Crippen molar-refractivity contribution in [2.45, 2.75) is 17.7 Å². The molecule has 0 amide bonds. The van der Waals surface area contributed by atoms with Gasteiger partial charge in [-0.2, -0.15) is 4.31 Å². The molecule has 23 heavy (non-hydrogen) atoms. The van der Waals surface area contributed by atoms with Crippen molar-refractivity contribution in [1.82, 2.24) is 9.62 Å². The van der Waals surface area contributed by atoms with Gasteiger partial charge in [-0.25, -0.2) is 8.42 Å². The van der Waals surface area contributed by atoms with Crippen molar-refractivity contribution in [3.8, 4) is 5.75 Å². The Hall–Kier alpha value is -1.03. The van der Waals surface area contributed by atoms with Gasteiger partial charge in [0, 0.05) is 19.2 Å². The molecule has 0 aromatic heterocycles. The second kappa shape index (κ2) is 7.69. The summed E-state index contributed by atoms with van der Waals surface area (Å²) in [6, 6.07) is 4.47. The number of rotatable bonds is 5. The molecule has 1 unspecified atom stereocenters. The first kappa shape index (κ1) is 20.0. The van der Waals surface area contributed by atoms with Crippen LogP contribution < -0.4 is 10.1 Å². The van der Waals surface area contributed by atoms with Crippen LogP contribution in [0.3, 0.4) is 0 Å². The van der Waals surface area contributed by atoms with Crippen molar-refractivity contribution in [3.63, 3.8) is 0 Å². The van der Waals surface area contributed by atoms with Gasteiger partial charge in [-0.05, 0) is 38.1 Å². The van der Waals surface area contributed by atoms with E-state index in [1.807, 2.05) is 0 Å². The number of sulfonamides is 1. The standard InChI is InChI=1S/C13H17F3N2O3S.ClH/c1-17-8-10-5-6-18(9-10)22(19,20)12-4-2-3-11(7-12)21-13(14,15)16;/h2-4,7,10,17H,5-6,8-9H2,1H3;1H. The number of ether oxygens (including phenoxy) is 1. The largest absolute Gasteiger partial charge is 0.573 e. The number of nitrogens with one attached hydrogen (secondary N) is 1. The molecule has 1 aliphatic heterocycles. The molecule has 1 N–H and O–H groups in total. The molecular weight excluding hydrogens is 357 g/mol. The summed E-state index contributed by atoms with van der Waals surface area (Å²) in [5, 5.41) is 2.99. The zero-order chi connectivity index (χ0) is 16.4. The van der Waals surface area contributed by atoms with Crippen LogP contribution in [0.4, 0.5) is 13.2 Å². The highest BCUT2D eigenvalue weighted by molar-refractivity contribution is 7.89. The van der Waals surface area contributed by atoms with Gasteiger partial charge in [0.1, 0.15) is 5.75 Å². The van der Waals surface area contributed by atoms with Gasteiger partial charge in [-0.15, -0.1) is 25.6 Å². The first-order valence-corrected chi connectivity index (χ1v) is 8.17. The van der Waals surface area contributed by atoms with E-state index < -0.39 is 22.1 Å². The Labute approximate surface area is 139 Å². The van der Waals surface area contributed by atoms with E-state index in [9.17, 15) is 21.6 Å². The maximum atomic E-state index is 12.5. The molecule has 0 spiro atoms. The zero-order valence-corrected chi connectivity index (χ0v) is 14.0. The van der Waals surface area contributed by atoms with Crippen molar-refractivity contribution >= 4 is 22.4 Å². The van der Waals surface area contributed by atoms with Crippen LogP contribution >= 0.6 is 12.4 Å². The normalized spacial score (nSPS) is 19.4. The first-order chi connectivity index (χ1) is 10.2. The Morgan fingerprint density at radius 3 is 2.70 bits per heavy atom. The lowest BCUT2D eigenvalue weighted by molar-refractivity contribution is -0.274. The average Bonchev–Trinajstić information content (AvgIpc) is 2.87. The van der Waals surface area contributed by atoms with Crippen molar-refractivity contribution in [1.29, 1.82) is 0 Å². The predicted octanol–water partition coefficient (Wildman–Crippen LogP) is 2.24. The monoisotopic (exact) mass is 374 g/mol. The van der Waals surface area contributed by atoms with E-state index in [1.54, 1.807) is 7.05 Å². The van der Waals surface area contributed by atoms with Gasteiger partial charge in [0.15, 0.2) is 0 Å². The second-order valence-corrected chi connectivity index (χ2v) is 7.04. The van der Waals surface area contributed by atoms with Crippen LogP contribution in [0, 0.1) is 5.92 Å². The molecule has 1 heterocycles. The van der Waals surface area contributed by atoms with Gasteiger partial charge in [0.2, 0.25) is 10.0 Å². The number of benzene rings is 1. The third-order valence-electron chi connectivity index (χ3n) is 3.42. The Bertz CT molecular complexity index is 625. The summed E-state index contributed by atoms with van der Waals surface area (Å²) in [6.07, 6.45) is -4.13. The lowest BCUT2D eigenvalue weighted by Crippen LogP contribution is -2.30. The van der Waals surface area contributed by atoms with E-state index >= 15 is 0 Å². The topological polar surface area (TPSA) is 58.6 Å². The van der Waals surface area contributed by atoms with Crippen LogP contribution in [0.15, 0.2) is 29.2 Å². The molecule has 1 atom stereocenters. The van der Waals surface area contributed by atoms with Gasteiger partial charge < -0.3 is 10.1 Å². The van der Waals surface area contributed by atoms with Crippen molar-refractivity contribution in [3.05, 3.63) is 24.3 Å². The smallest absolute Gasteiger partial charge is 0.406 e. The minimum absolute atomic E-state index is 0. The van der Waals surface area contributed by atoms with E-state index in [4.69, 9.17) is 0 Å². The van der Waals surface area contributed by atoms with Crippen molar-refractivity contribution in [2.75, 3.05) is 26.7 Å². The number of nitrogens with zero attached hydrogens (tertiary/aromatic N) is 1. The maximum Gasteiger partial charge on any atom is 0.573 e. The van der Waals surface area contributed by atoms with Crippen LogP contribution in [0.25, 0.3) is 0 Å². The predicted molar refractivity (Wildman–Crippen MR) is 81.2 cm³/mol. The molecule has 1 aromatic carbocycles. The molecule has 0 aliphatic carbocycles. The van der Waals surface area contributed by atoms with Gasteiger partial charge >= 0.3 is 6.36 Å². The quantitative estimate of drug-likeness (QED) is 0.858. The minimum Gasteiger partial charge on any atom is -0.406 e. The Morgan fingerprint density at radius 1 is 1.39 bits per heavy atom. The third kappa shape index (κ3) is 5.23. The number of alkyl halides is 3. The number of halogens is 4. The Balaban J connectivity index is 0.00000264. The highest BCUT2D eigenvalue weighted by atomic mass is 35.5. The molecule has 1 saturated heterocycles. The summed E-state index contributed by atoms with van der Waals surface area (Å²) in [5.41, 5.74) is 0. The summed E-state index contributed by atoms with van der Waals surface area (Å²) in [6.45, 7) is 1.41. The molecule has 1 fully saturated rings. The third-order valence-corrected chi connectivity index (χ3v) is 5.28. The fourth-order valence-corrected chi connectivity index (χ4v) is 4.02. The van der Waals surface area contributed by atoms with E-state index in [0.29, 0.717) is 19.6 Å². The van der Waals surface area contributed by atoms with Crippen molar-refractivity contribution < 1.29 is 26.3 Å².